The number of rotatable bonds is 0. The summed E-state index contributed by atoms with van der Waals surface area (Å²) in [7, 11) is 0. The third kappa shape index (κ3) is 1.07. The van der Waals surface area contributed by atoms with E-state index in [9.17, 15) is 4.79 Å². The van der Waals surface area contributed by atoms with Gasteiger partial charge in [-0.3, -0.25) is 4.79 Å². The van der Waals surface area contributed by atoms with Crippen molar-refractivity contribution in [3.05, 3.63) is 22.6 Å². The Balaban J connectivity index is 2.52. The molecule has 0 amide bonds. The highest BCUT2D eigenvalue weighted by Gasteiger charge is 2.21. The van der Waals surface area contributed by atoms with Crippen LogP contribution >= 0.6 is 11.6 Å². The Morgan fingerprint density at radius 1 is 1.45 bits per heavy atom. The smallest absolute Gasteiger partial charge is 0.194 e. The average Bonchev–Trinajstić information content (AvgIpc) is 2.31. The topological polar surface area (TPSA) is 30.2 Å². The van der Waals surface area contributed by atoms with Crippen LogP contribution in [0.15, 0.2) is 10.5 Å². The fourth-order valence-corrected chi connectivity index (χ4v) is 1.56. The van der Waals surface area contributed by atoms with Gasteiger partial charge in [0.15, 0.2) is 11.0 Å². The molecule has 1 aliphatic carbocycles. The maximum absolute atomic E-state index is 11.2. The first kappa shape index (κ1) is 6.92. The summed E-state index contributed by atoms with van der Waals surface area (Å²) < 4.78 is 5.12. The van der Waals surface area contributed by atoms with Gasteiger partial charge < -0.3 is 4.42 Å². The summed E-state index contributed by atoms with van der Waals surface area (Å²) in [5.74, 6) is 0.910. The van der Waals surface area contributed by atoms with Crippen molar-refractivity contribution in [1.29, 1.82) is 0 Å². The zero-order chi connectivity index (χ0) is 7.84. The molecule has 0 saturated heterocycles. The monoisotopic (exact) mass is 170 g/mol. The number of Topliss-reactive ketones (excluding diaryl/α,β-unsaturated/α-hetero) is 1. The van der Waals surface area contributed by atoms with Crippen LogP contribution in [-0.4, -0.2) is 5.78 Å². The highest BCUT2D eigenvalue weighted by Crippen LogP contribution is 2.26. The minimum absolute atomic E-state index is 0.155. The largest absolute Gasteiger partial charge is 0.449 e. The Hall–Kier alpha value is -0.760. The number of carbonyl (C=O) groups excluding carboxylic acids is 1. The highest BCUT2D eigenvalue weighted by molar-refractivity contribution is 6.29. The standard InChI is InChI=1S/C8H7ClO2/c9-8-4-5-6(10)2-1-3-7(5)11-8/h4H,1-3H2. The number of furan rings is 1. The lowest BCUT2D eigenvalue weighted by Crippen LogP contribution is -2.07. The fourth-order valence-electron chi connectivity index (χ4n) is 1.36. The van der Waals surface area contributed by atoms with Crippen LogP contribution in [0.25, 0.3) is 0 Å². The number of aryl methyl sites for hydroxylation is 1. The molecule has 0 aromatic carbocycles. The number of fused-ring (bicyclic) bond motifs is 1. The summed E-state index contributed by atoms with van der Waals surface area (Å²) >= 11 is 5.60. The molecule has 58 valence electrons. The molecule has 1 aromatic heterocycles. The predicted octanol–water partition coefficient (Wildman–Crippen LogP) is 2.45. The molecule has 1 aliphatic rings. The summed E-state index contributed by atoms with van der Waals surface area (Å²) in [6.07, 6.45) is 2.35. The van der Waals surface area contributed by atoms with Gasteiger partial charge in [0.05, 0.1) is 5.56 Å². The number of ketones is 1. The molecular formula is C8H7ClO2. The fraction of sp³-hybridized carbons (Fsp3) is 0.375. The second-order valence-electron chi connectivity index (χ2n) is 2.66. The minimum atomic E-state index is 0.155. The number of hydrogen-bond acceptors (Lipinski definition) is 2. The number of halogens is 1. The zero-order valence-electron chi connectivity index (χ0n) is 5.89. The van der Waals surface area contributed by atoms with Gasteiger partial charge in [0, 0.05) is 18.9 Å². The molecule has 0 fully saturated rings. The van der Waals surface area contributed by atoms with Gasteiger partial charge in [-0.15, -0.1) is 0 Å². The Morgan fingerprint density at radius 2 is 2.27 bits per heavy atom. The maximum Gasteiger partial charge on any atom is 0.194 e. The van der Waals surface area contributed by atoms with E-state index in [0.717, 1.165) is 18.6 Å². The summed E-state index contributed by atoms with van der Waals surface area (Å²) in [5, 5.41) is 0.324. The van der Waals surface area contributed by atoms with Crippen molar-refractivity contribution in [2.24, 2.45) is 0 Å². The van der Waals surface area contributed by atoms with E-state index >= 15 is 0 Å². The van der Waals surface area contributed by atoms with Gasteiger partial charge in [0.2, 0.25) is 0 Å². The SMILES string of the molecule is O=C1CCCc2oc(Cl)cc21. The molecule has 0 spiro atoms. The van der Waals surface area contributed by atoms with Crippen molar-refractivity contribution >= 4 is 17.4 Å². The van der Waals surface area contributed by atoms with Crippen LogP contribution in [0.3, 0.4) is 0 Å². The molecule has 3 heteroatoms. The molecule has 0 saturated carbocycles. The summed E-state index contributed by atoms with van der Waals surface area (Å²) in [5.41, 5.74) is 0.682. The lowest BCUT2D eigenvalue weighted by atomic mass is 9.98. The quantitative estimate of drug-likeness (QED) is 0.599. The lowest BCUT2D eigenvalue weighted by Gasteiger charge is -2.06. The van der Waals surface area contributed by atoms with Crippen LogP contribution in [0.2, 0.25) is 5.22 Å². The molecule has 0 radical (unpaired) electrons. The Bertz CT molecular complexity index is 301. The van der Waals surface area contributed by atoms with Gasteiger partial charge in [0.1, 0.15) is 5.76 Å². The van der Waals surface area contributed by atoms with Gasteiger partial charge in [-0.25, -0.2) is 0 Å². The molecule has 0 unspecified atom stereocenters. The molecule has 0 N–H and O–H groups in total. The van der Waals surface area contributed by atoms with Crippen molar-refractivity contribution in [3.8, 4) is 0 Å². The van der Waals surface area contributed by atoms with Crippen LogP contribution in [0.5, 0.6) is 0 Å². The number of carbonyl (C=O) groups is 1. The van der Waals surface area contributed by atoms with Crippen molar-refractivity contribution < 1.29 is 9.21 Å². The van der Waals surface area contributed by atoms with Crippen LogP contribution in [-0.2, 0) is 6.42 Å². The molecular weight excluding hydrogens is 164 g/mol. The van der Waals surface area contributed by atoms with Crippen molar-refractivity contribution in [2.45, 2.75) is 19.3 Å². The highest BCUT2D eigenvalue weighted by atomic mass is 35.5. The Morgan fingerprint density at radius 3 is 3.00 bits per heavy atom. The van der Waals surface area contributed by atoms with E-state index in [2.05, 4.69) is 0 Å². The molecule has 0 bridgehead atoms. The molecule has 1 aromatic rings. The van der Waals surface area contributed by atoms with E-state index in [0.29, 0.717) is 17.2 Å². The van der Waals surface area contributed by atoms with E-state index in [1.165, 1.54) is 0 Å². The van der Waals surface area contributed by atoms with Crippen LogP contribution in [0.1, 0.15) is 29.0 Å². The van der Waals surface area contributed by atoms with E-state index < -0.39 is 0 Å². The average molecular weight is 171 g/mol. The van der Waals surface area contributed by atoms with Crippen LogP contribution in [0, 0.1) is 0 Å². The van der Waals surface area contributed by atoms with Gasteiger partial charge in [-0.2, -0.15) is 0 Å². The van der Waals surface area contributed by atoms with Gasteiger partial charge >= 0.3 is 0 Å². The molecule has 0 aliphatic heterocycles. The normalized spacial score (nSPS) is 16.6. The van der Waals surface area contributed by atoms with Crippen LogP contribution < -0.4 is 0 Å². The number of hydrogen-bond donors (Lipinski definition) is 0. The first-order valence-electron chi connectivity index (χ1n) is 3.59. The summed E-state index contributed by atoms with van der Waals surface area (Å²) in [6, 6.07) is 1.61. The third-order valence-electron chi connectivity index (χ3n) is 1.89. The summed E-state index contributed by atoms with van der Waals surface area (Å²) in [6.45, 7) is 0. The van der Waals surface area contributed by atoms with Crippen molar-refractivity contribution in [1.82, 2.24) is 0 Å². The lowest BCUT2D eigenvalue weighted by molar-refractivity contribution is 0.0969. The zero-order valence-corrected chi connectivity index (χ0v) is 6.65. The van der Waals surface area contributed by atoms with Crippen molar-refractivity contribution in [3.63, 3.8) is 0 Å². The second-order valence-corrected chi connectivity index (χ2v) is 3.04. The van der Waals surface area contributed by atoms with E-state index in [1.807, 2.05) is 0 Å². The van der Waals surface area contributed by atoms with E-state index in [1.54, 1.807) is 6.07 Å². The summed E-state index contributed by atoms with van der Waals surface area (Å²) in [4.78, 5) is 11.2. The van der Waals surface area contributed by atoms with Crippen molar-refractivity contribution in [2.75, 3.05) is 0 Å². The van der Waals surface area contributed by atoms with E-state index in [-0.39, 0.29) is 5.78 Å². The molecule has 11 heavy (non-hydrogen) atoms. The second kappa shape index (κ2) is 2.38. The maximum atomic E-state index is 11.2. The predicted molar refractivity (Wildman–Crippen MR) is 41.0 cm³/mol. The Kier molecular flexibility index (Phi) is 1.50. The van der Waals surface area contributed by atoms with Crippen LogP contribution in [0.4, 0.5) is 0 Å². The first-order valence-corrected chi connectivity index (χ1v) is 3.96. The van der Waals surface area contributed by atoms with Gasteiger partial charge in [-0.05, 0) is 18.0 Å². The third-order valence-corrected chi connectivity index (χ3v) is 2.07. The minimum Gasteiger partial charge on any atom is -0.449 e. The molecule has 0 atom stereocenters. The first-order chi connectivity index (χ1) is 5.27. The Labute approximate surface area is 69.1 Å². The van der Waals surface area contributed by atoms with Gasteiger partial charge in [0.25, 0.3) is 0 Å². The van der Waals surface area contributed by atoms with Gasteiger partial charge in [-0.1, -0.05) is 0 Å². The molecule has 1 heterocycles. The molecule has 2 rings (SSSR count). The molecule has 2 nitrogen and oxygen atoms in total. The van der Waals surface area contributed by atoms with E-state index in [4.69, 9.17) is 16.0 Å².